The van der Waals surface area contributed by atoms with E-state index in [9.17, 15) is 14.7 Å². The molecular weight excluding hydrogens is 342 g/mol. The minimum Gasteiger partial charge on any atom is -0.480 e. The average molecular weight is 362 g/mol. The van der Waals surface area contributed by atoms with Gasteiger partial charge < -0.3 is 15.2 Å². The summed E-state index contributed by atoms with van der Waals surface area (Å²) < 4.78 is 5.10. The first-order chi connectivity index (χ1) is 12.0. The SMILES string of the molecule is CCc1ccc(COC(=O)NC(Cc2ccc(Cl)cc2)C(=O)O)cc1. The first kappa shape index (κ1) is 18.8. The Balaban J connectivity index is 1.88. The lowest BCUT2D eigenvalue weighted by Crippen LogP contribution is -2.42. The van der Waals surface area contributed by atoms with Crippen LogP contribution < -0.4 is 5.32 Å². The average Bonchev–Trinajstić information content (AvgIpc) is 2.61. The third-order valence-electron chi connectivity index (χ3n) is 3.74. The molecule has 5 nitrogen and oxygen atoms in total. The topological polar surface area (TPSA) is 75.6 Å². The Morgan fingerprint density at radius 2 is 1.60 bits per heavy atom. The molecule has 0 aliphatic rings. The van der Waals surface area contributed by atoms with E-state index in [0.717, 1.165) is 17.5 Å². The third kappa shape index (κ3) is 6.12. The Labute approximate surface area is 151 Å². The minimum atomic E-state index is -1.13. The van der Waals surface area contributed by atoms with Crippen molar-refractivity contribution in [3.05, 3.63) is 70.2 Å². The molecule has 0 saturated carbocycles. The lowest BCUT2D eigenvalue weighted by atomic mass is 10.1. The monoisotopic (exact) mass is 361 g/mol. The Morgan fingerprint density at radius 1 is 1.04 bits per heavy atom. The number of carboxylic acid groups (broad SMARTS) is 1. The Hall–Kier alpha value is -2.53. The zero-order valence-corrected chi connectivity index (χ0v) is 14.6. The second kappa shape index (κ2) is 9.08. The maximum atomic E-state index is 11.9. The molecule has 0 saturated heterocycles. The summed E-state index contributed by atoms with van der Waals surface area (Å²) in [5.74, 6) is -1.13. The highest BCUT2D eigenvalue weighted by Crippen LogP contribution is 2.12. The molecule has 132 valence electrons. The fraction of sp³-hybridized carbons (Fsp3) is 0.263. The van der Waals surface area contributed by atoms with Crippen molar-refractivity contribution in [2.24, 2.45) is 0 Å². The van der Waals surface area contributed by atoms with E-state index in [0.29, 0.717) is 5.02 Å². The number of benzene rings is 2. The summed E-state index contributed by atoms with van der Waals surface area (Å²) in [6.07, 6.45) is 0.320. The molecule has 0 fully saturated rings. The molecule has 1 unspecified atom stereocenters. The van der Waals surface area contributed by atoms with Gasteiger partial charge in [0.05, 0.1) is 0 Å². The molecule has 0 spiro atoms. The van der Waals surface area contributed by atoms with Crippen molar-refractivity contribution in [1.29, 1.82) is 0 Å². The summed E-state index contributed by atoms with van der Waals surface area (Å²) in [7, 11) is 0. The molecule has 0 aliphatic heterocycles. The van der Waals surface area contributed by atoms with E-state index < -0.39 is 18.1 Å². The molecule has 2 aromatic rings. The normalized spacial score (nSPS) is 11.6. The number of carboxylic acids is 1. The van der Waals surface area contributed by atoms with Gasteiger partial charge in [-0.1, -0.05) is 54.9 Å². The maximum Gasteiger partial charge on any atom is 0.408 e. The molecule has 0 aromatic heterocycles. The van der Waals surface area contributed by atoms with Gasteiger partial charge in [-0.25, -0.2) is 9.59 Å². The molecule has 2 aromatic carbocycles. The number of halogens is 1. The van der Waals surface area contributed by atoms with Gasteiger partial charge in [0.15, 0.2) is 0 Å². The molecule has 6 heteroatoms. The van der Waals surface area contributed by atoms with Crippen LogP contribution in [0.25, 0.3) is 0 Å². The van der Waals surface area contributed by atoms with E-state index in [2.05, 4.69) is 12.2 Å². The van der Waals surface area contributed by atoms with Crippen LogP contribution >= 0.6 is 11.6 Å². The van der Waals surface area contributed by atoms with E-state index >= 15 is 0 Å². The molecule has 0 bridgehead atoms. The molecule has 0 radical (unpaired) electrons. The summed E-state index contributed by atoms with van der Waals surface area (Å²) in [4.78, 5) is 23.2. The van der Waals surface area contributed by atoms with E-state index in [1.54, 1.807) is 24.3 Å². The number of carbonyl (C=O) groups excluding carboxylic acids is 1. The van der Waals surface area contributed by atoms with Crippen LogP contribution in [0.1, 0.15) is 23.6 Å². The van der Waals surface area contributed by atoms with Crippen molar-refractivity contribution in [1.82, 2.24) is 5.32 Å². The van der Waals surface area contributed by atoms with Crippen LogP contribution in [0.3, 0.4) is 0 Å². The molecule has 2 rings (SSSR count). The van der Waals surface area contributed by atoms with Gasteiger partial charge in [-0.2, -0.15) is 0 Å². The van der Waals surface area contributed by atoms with Crippen LogP contribution in [-0.2, 0) is 29.0 Å². The number of hydrogen-bond acceptors (Lipinski definition) is 3. The second-order valence-corrected chi connectivity index (χ2v) is 6.05. The van der Waals surface area contributed by atoms with Crippen molar-refractivity contribution >= 4 is 23.7 Å². The zero-order valence-electron chi connectivity index (χ0n) is 13.9. The Kier molecular flexibility index (Phi) is 6.83. The predicted octanol–water partition coefficient (Wildman–Crippen LogP) is 3.82. The number of alkyl carbamates (subject to hydrolysis) is 1. The summed E-state index contributed by atoms with van der Waals surface area (Å²) in [6, 6.07) is 13.4. The number of amides is 1. The van der Waals surface area contributed by atoms with Gasteiger partial charge in [0.2, 0.25) is 0 Å². The highest BCUT2D eigenvalue weighted by Gasteiger charge is 2.21. The third-order valence-corrected chi connectivity index (χ3v) is 4.00. The van der Waals surface area contributed by atoms with Crippen molar-refractivity contribution in [2.75, 3.05) is 0 Å². The van der Waals surface area contributed by atoms with Gasteiger partial charge in [-0.3, -0.25) is 0 Å². The minimum absolute atomic E-state index is 0.0864. The first-order valence-electron chi connectivity index (χ1n) is 7.96. The first-order valence-corrected chi connectivity index (χ1v) is 8.34. The molecule has 0 aliphatic carbocycles. The van der Waals surface area contributed by atoms with Crippen LogP contribution in [0, 0.1) is 0 Å². The number of aliphatic carboxylic acids is 1. The molecule has 0 heterocycles. The molecule has 2 N–H and O–H groups in total. The standard InChI is InChI=1S/C19H20ClNO4/c1-2-13-3-5-15(6-4-13)12-25-19(24)21-17(18(22)23)11-14-7-9-16(20)10-8-14/h3-10,17H,2,11-12H2,1H3,(H,21,24)(H,22,23). The largest absolute Gasteiger partial charge is 0.480 e. The number of aryl methyl sites for hydroxylation is 1. The summed E-state index contributed by atoms with van der Waals surface area (Å²) in [6.45, 7) is 2.15. The summed E-state index contributed by atoms with van der Waals surface area (Å²) >= 11 is 5.81. The quantitative estimate of drug-likeness (QED) is 0.786. The van der Waals surface area contributed by atoms with Gasteiger partial charge in [0, 0.05) is 11.4 Å². The van der Waals surface area contributed by atoms with Crippen LogP contribution in [0.5, 0.6) is 0 Å². The smallest absolute Gasteiger partial charge is 0.408 e. The highest BCUT2D eigenvalue weighted by molar-refractivity contribution is 6.30. The zero-order chi connectivity index (χ0) is 18.2. The second-order valence-electron chi connectivity index (χ2n) is 5.61. The van der Waals surface area contributed by atoms with E-state index in [1.165, 1.54) is 5.56 Å². The molecule has 1 atom stereocenters. The van der Waals surface area contributed by atoms with E-state index in [4.69, 9.17) is 16.3 Å². The number of nitrogens with one attached hydrogen (secondary N) is 1. The summed E-state index contributed by atoms with van der Waals surface area (Å²) in [5.41, 5.74) is 2.80. The number of hydrogen-bond donors (Lipinski definition) is 2. The van der Waals surface area contributed by atoms with Gasteiger partial charge in [-0.05, 0) is 35.2 Å². The van der Waals surface area contributed by atoms with Crippen molar-refractivity contribution in [3.63, 3.8) is 0 Å². The van der Waals surface area contributed by atoms with Crippen molar-refractivity contribution < 1.29 is 19.4 Å². The number of ether oxygens (including phenoxy) is 1. The van der Waals surface area contributed by atoms with E-state index in [1.807, 2.05) is 24.3 Å². The van der Waals surface area contributed by atoms with Gasteiger partial charge in [0.1, 0.15) is 12.6 Å². The molecule has 1 amide bonds. The van der Waals surface area contributed by atoms with Crippen LogP contribution in [0.4, 0.5) is 4.79 Å². The maximum absolute atomic E-state index is 11.9. The lowest BCUT2D eigenvalue weighted by molar-refractivity contribution is -0.139. The Morgan fingerprint density at radius 3 is 2.16 bits per heavy atom. The van der Waals surface area contributed by atoms with Crippen molar-refractivity contribution in [3.8, 4) is 0 Å². The van der Waals surface area contributed by atoms with Gasteiger partial charge >= 0.3 is 12.1 Å². The van der Waals surface area contributed by atoms with Crippen molar-refractivity contribution in [2.45, 2.75) is 32.4 Å². The lowest BCUT2D eigenvalue weighted by Gasteiger charge is -2.15. The highest BCUT2D eigenvalue weighted by atomic mass is 35.5. The Bertz CT molecular complexity index is 713. The van der Waals surface area contributed by atoms with E-state index in [-0.39, 0.29) is 13.0 Å². The predicted molar refractivity (Wildman–Crippen MR) is 95.7 cm³/mol. The van der Waals surface area contributed by atoms with Crippen LogP contribution in [0.15, 0.2) is 48.5 Å². The number of rotatable bonds is 7. The van der Waals surface area contributed by atoms with Gasteiger partial charge in [-0.15, -0.1) is 0 Å². The number of carbonyl (C=O) groups is 2. The van der Waals surface area contributed by atoms with Crippen LogP contribution in [0.2, 0.25) is 5.02 Å². The van der Waals surface area contributed by atoms with Crippen LogP contribution in [-0.4, -0.2) is 23.2 Å². The van der Waals surface area contributed by atoms with Gasteiger partial charge in [0.25, 0.3) is 0 Å². The fourth-order valence-electron chi connectivity index (χ4n) is 2.26. The molecule has 25 heavy (non-hydrogen) atoms. The fourth-order valence-corrected chi connectivity index (χ4v) is 2.39. The molecular formula is C19H20ClNO4. The summed E-state index contributed by atoms with van der Waals surface area (Å²) in [5, 5.41) is 12.2.